The van der Waals surface area contributed by atoms with Gasteiger partial charge in [0.1, 0.15) is 11.4 Å². The van der Waals surface area contributed by atoms with Crippen molar-refractivity contribution < 1.29 is 20.1 Å². The lowest BCUT2D eigenvalue weighted by Gasteiger charge is -2.27. The number of phenols is 1. The monoisotopic (exact) mass is 572 g/mol. The van der Waals surface area contributed by atoms with E-state index in [0.29, 0.717) is 46.8 Å². The number of rotatable bonds is 7. The molecule has 0 amide bonds. The first-order chi connectivity index (χ1) is 18.5. The number of aliphatic carboxylic acids is 1. The molecule has 2 atom stereocenters. The van der Waals surface area contributed by atoms with Gasteiger partial charge in [0.05, 0.1) is 21.7 Å². The highest BCUT2D eigenvalue weighted by Crippen LogP contribution is 2.43. The molecule has 11 heteroatoms. The van der Waals surface area contributed by atoms with Crippen LogP contribution < -0.4 is 5.56 Å². The van der Waals surface area contributed by atoms with Gasteiger partial charge in [-0.1, -0.05) is 41.8 Å². The number of carbonyl (C=O) groups is 1. The first-order valence-corrected chi connectivity index (χ1v) is 13.3. The number of nitrogens with zero attached hydrogens (tertiary/aromatic N) is 4. The predicted octanol–water partition coefficient (Wildman–Crippen LogP) is 6.70. The van der Waals surface area contributed by atoms with Gasteiger partial charge in [-0.2, -0.15) is 0 Å². The molecule has 1 heterocycles. The number of azo groups is 1. The number of hydrogen-bond donors (Lipinski definition) is 3. The van der Waals surface area contributed by atoms with Crippen LogP contribution in [0.1, 0.15) is 48.3 Å². The lowest BCUT2D eigenvalue weighted by atomic mass is 9.77. The van der Waals surface area contributed by atoms with E-state index in [1.165, 1.54) is 12.1 Å². The molecule has 9 nitrogen and oxygen atoms in total. The number of aromatic hydroxyl groups is 2. The molecule has 3 aromatic rings. The van der Waals surface area contributed by atoms with E-state index >= 15 is 0 Å². The van der Waals surface area contributed by atoms with Gasteiger partial charge < -0.3 is 20.2 Å². The van der Waals surface area contributed by atoms with Gasteiger partial charge >= 0.3 is 5.97 Å². The second-order valence-electron chi connectivity index (χ2n) is 10.1. The van der Waals surface area contributed by atoms with Crippen molar-refractivity contribution in [1.29, 1.82) is 0 Å². The number of carboxylic acids is 1. The molecule has 0 bridgehead atoms. The quantitative estimate of drug-likeness (QED) is 0.270. The van der Waals surface area contributed by atoms with E-state index in [9.17, 15) is 24.9 Å². The summed E-state index contributed by atoms with van der Waals surface area (Å²) in [6.45, 7) is 1.99. The zero-order chi connectivity index (χ0) is 28.4. The minimum Gasteiger partial charge on any atom is -0.505 e. The molecule has 0 spiro atoms. The van der Waals surface area contributed by atoms with Gasteiger partial charge in [-0.05, 0) is 81.6 Å². The standard InChI is InChI=1S/C28H30Cl2N4O5/c1-15-20(14-33(2)3)26(36)34(18-10-11-21(29)22(30)13-18)27(37)24(15)32-31-23-9-5-8-19(25(23)35)16-6-4-7-17(12-16)28(38)39/h5,8-11,13,16-17,35-36H,4,6-7,12,14H2,1-3H3,(H,38,39). The van der Waals surface area contributed by atoms with Crippen LogP contribution in [0.2, 0.25) is 10.0 Å². The third kappa shape index (κ3) is 5.95. The molecule has 206 valence electrons. The molecule has 1 aliphatic carbocycles. The second-order valence-corrected chi connectivity index (χ2v) is 10.9. The first kappa shape index (κ1) is 28.6. The Hall–Kier alpha value is -3.40. The van der Waals surface area contributed by atoms with Crippen molar-refractivity contribution in [2.75, 3.05) is 14.1 Å². The smallest absolute Gasteiger partial charge is 0.306 e. The van der Waals surface area contributed by atoms with Crippen LogP contribution in [0.3, 0.4) is 0 Å². The topological polar surface area (TPSA) is 128 Å². The Morgan fingerprint density at radius 2 is 1.85 bits per heavy atom. The summed E-state index contributed by atoms with van der Waals surface area (Å²) in [5.74, 6) is -1.75. The molecule has 3 N–H and O–H groups in total. The molecule has 4 rings (SSSR count). The van der Waals surface area contributed by atoms with Crippen molar-refractivity contribution in [2.24, 2.45) is 16.1 Å². The van der Waals surface area contributed by atoms with E-state index in [0.717, 1.165) is 17.4 Å². The van der Waals surface area contributed by atoms with Crippen LogP contribution in [-0.2, 0) is 11.3 Å². The third-order valence-corrected chi connectivity index (χ3v) is 7.84. The average molecular weight is 573 g/mol. The number of aromatic nitrogens is 1. The van der Waals surface area contributed by atoms with Gasteiger partial charge in [0.25, 0.3) is 5.56 Å². The zero-order valence-electron chi connectivity index (χ0n) is 21.9. The van der Waals surface area contributed by atoms with Crippen molar-refractivity contribution in [3.05, 3.63) is 73.5 Å². The van der Waals surface area contributed by atoms with Gasteiger partial charge in [-0.15, -0.1) is 10.2 Å². The molecule has 39 heavy (non-hydrogen) atoms. The van der Waals surface area contributed by atoms with E-state index in [-0.39, 0.29) is 33.9 Å². The Kier molecular flexibility index (Phi) is 8.64. The molecule has 1 aliphatic rings. The van der Waals surface area contributed by atoms with Crippen LogP contribution in [0.5, 0.6) is 11.6 Å². The Labute approximate surface area is 236 Å². The van der Waals surface area contributed by atoms with Gasteiger partial charge in [-0.3, -0.25) is 9.59 Å². The fraction of sp³-hybridized carbons (Fsp3) is 0.357. The third-order valence-electron chi connectivity index (χ3n) is 7.10. The summed E-state index contributed by atoms with van der Waals surface area (Å²) in [5.41, 5.74) is 1.36. The van der Waals surface area contributed by atoms with Crippen LogP contribution in [-0.4, -0.2) is 44.9 Å². The highest BCUT2D eigenvalue weighted by Gasteiger charge is 2.30. The Morgan fingerprint density at radius 1 is 1.10 bits per heavy atom. The second kappa shape index (κ2) is 11.8. The molecule has 2 unspecified atom stereocenters. The summed E-state index contributed by atoms with van der Waals surface area (Å²) in [7, 11) is 3.66. The molecule has 0 radical (unpaired) electrons. The molecule has 0 saturated heterocycles. The summed E-state index contributed by atoms with van der Waals surface area (Å²) in [5, 5.41) is 40.6. The number of carboxylic acid groups (broad SMARTS) is 1. The number of phenolic OH excluding ortho intramolecular Hbond substituents is 1. The summed E-state index contributed by atoms with van der Waals surface area (Å²) < 4.78 is 1.10. The predicted molar refractivity (Wildman–Crippen MR) is 150 cm³/mol. The Balaban J connectivity index is 1.80. The maximum Gasteiger partial charge on any atom is 0.306 e. The SMILES string of the molecule is Cc1c(CN(C)C)c(O)n(-c2ccc(Cl)c(Cl)c2)c(=O)c1N=Nc1cccc(C2CCCC(C(=O)O)C2)c1O. The van der Waals surface area contributed by atoms with Crippen LogP contribution in [0.25, 0.3) is 5.69 Å². The van der Waals surface area contributed by atoms with E-state index in [2.05, 4.69) is 10.2 Å². The molecule has 0 aliphatic heterocycles. The fourth-order valence-electron chi connectivity index (χ4n) is 5.05. The molecular weight excluding hydrogens is 543 g/mol. The fourth-order valence-corrected chi connectivity index (χ4v) is 5.35. The molecule has 1 fully saturated rings. The lowest BCUT2D eigenvalue weighted by molar-refractivity contribution is -0.143. The molecule has 1 saturated carbocycles. The number of benzene rings is 2. The van der Waals surface area contributed by atoms with Gasteiger partial charge in [0.15, 0.2) is 5.69 Å². The Morgan fingerprint density at radius 3 is 2.51 bits per heavy atom. The highest BCUT2D eigenvalue weighted by atomic mass is 35.5. The van der Waals surface area contributed by atoms with Crippen molar-refractivity contribution in [2.45, 2.75) is 45.1 Å². The number of halogens is 2. The van der Waals surface area contributed by atoms with Crippen LogP contribution >= 0.6 is 23.2 Å². The van der Waals surface area contributed by atoms with Crippen molar-refractivity contribution in [1.82, 2.24) is 9.47 Å². The molecule has 1 aromatic heterocycles. The maximum absolute atomic E-state index is 13.6. The molecule has 2 aromatic carbocycles. The highest BCUT2D eigenvalue weighted by molar-refractivity contribution is 6.42. The summed E-state index contributed by atoms with van der Waals surface area (Å²) in [6.07, 6.45) is 2.56. The van der Waals surface area contributed by atoms with Gasteiger partial charge in [0.2, 0.25) is 5.88 Å². The van der Waals surface area contributed by atoms with Gasteiger partial charge in [0, 0.05) is 12.1 Å². The summed E-state index contributed by atoms with van der Waals surface area (Å²) in [6, 6.07) is 9.64. The van der Waals surface area contributed by atoms with Crippen LogP contribution in [0, 0.1) is 12.8 Å². The van der Waals surface area contributed by atoms with E-state index in [4.69, 9.17) is 23.2 Å². The average Bonchev–Trinajstić information content (AvgIpc) is 2.89. The van der Waals surface area contributed by atoms with Crippen LogP contribution in [0.15, 0.2) is 51.4 Å². The lowest BCUT2D eigenvalue weighted by Crippen LogP contribution is -2.23. The summed E-state index contributed by atoms with van der Waals surface area (Å²) >= 11 is 12.2. The van der Waals surface area contributed by atoms with E-state index < -0.39 is 17.4 Å². The first-order valence-electron chi connectivity index (χ1n) is 12.5. The number of para-hydroxylation sites is 1. The summed E-state index contributed by atoms with van der Waals surface area (Å²) in [4.78, 5) is 27.0. The normalized spacial score (nSPS) is 17.7. The minimum absolute atomic E-state index is 0.0101. The van der Waals surface area contributed by atoms with Crippen molar-refractivity contribution in [3.63, 3.8) is 0 Å². The number of hydrogen-bond acceptors (Lipinski definition) is 7. The van der Waals surface area contributed by atoms with Gasteiger partial charge in [-0.25, -0.2) is 4.57 Å². The minimum atomic E-state index is -0.829. The van der Waals surface area contributed by atoms with Crippen molar-refractivity contribution in [3.8, 4) is 17.3 Å². The van der Waals surface area contributed by atoms with E-state index in [1.54, 1.807) is 31.2 Å². The Bertz CT molecular complexity index is 1500. The maximum atomic E-state index is 13.6. The zero-order valence-corrected chi connectivity index (χ0v) is 23.4. The van der Waals surface area contributed by atoms with Crippen molar-refractivity contribution >= 4 is 40.5 Å². The van der Waals surface area contributed by atoms with Crippen LogP contribution in [0.4, 0.5) is 11.4 Å². The number of pyridine rings is 1. The largest absolute Gasteiger partial charge is 0.505 e. The molecular formula is C28H30Cl2N4O5. The van der Waals surface area contributed by atoms with E-state index in [1.807, 2.05) is 19.0 Å².